The minimum absolute atomic E-state index is 0.00547. The van der Waals surface area contributed by atoms with E-state index in [-0.39, 0.29) is 6.03 Å². The molecule has 3 aliphatic rings. The molecule has 6 rings (SSSR count). The molecule has 0 saturated carbocycles. The van der Waals surface area contributed by atoms with Crippen LogP contribution in [0.1, 0.15) is 12.8 Å². The van der Waals surface area contributed by atoms with E-state index in [2.05, 4.69) is 22.0 Å². The van der Waals surface area contributed by atoms with Gasteiger partial charge in [-0.15, -0.1) is 11.3 Å². The van der Waals surface area contributed by atoms with Gasteiger partial charge in [-0.1, -0.05) is 12.1 Å². The number of carbonyl (C=O) groups is 1. The zero-order valence-electron chi connectivity index (χ0n) is 14.0. The Labute approximate surface area is 149 Å². The lowest BCUT2D eigenvalue weighted by molar-refractivity contribution is 0.0172. The van der Waals surface area contributed by atoms with Gasteiger partial charge in [-0.05, 0) is 26.0 Å². The number of benzene rings is 1. The predicted octanol–water partition coefficient (Wildman–Crippen LogP) is 2.91. The Morgan fingerprint density at radius 2 is 2.12 bits per heavy atom. The summed E-state index contributed by atoms with van der Waals surface area (Å²) in [6.07, 6.45) is 5.84. The van der Waals surface area contributed by atoms with E-state index >= 15 is 0 Å². The van der Waals surface area contributed by atoms with Crippen LogP contribution in [-0.2, 0) is 0 Å². The Hall–Kier alpha value is -2.25. The minimum atomic E-state index is -0.00547. The molecule has 0 N–H and O–H groups in total. The molecule has 1 amide bonds. The molecule has 3 aliphatic heterocycles. The van der Waals surface area contributed by atoms with Crippen molar-refractivity contribution in [2.75, 3.05) is 20.1 Å². The number of nitrogens with zero attached hydrogens (tertiary/aromatic N) is 5. The first-order valence-corrected chi connectivity index (χ1v) is 9.47. The molecule has 6 nitrogen and oxygen atoms in total. The lowest BCUT2D eigenvalue weighted by atomic mass is 9.92. The van der Waals surface area contributed by atoms with Crippen LogP contribution in [0.2, 0.25) is 0 Å². The van der Waals surface area contributed by atoms with Gasteiger partial charge in [0.2, 0.25) is 0 Å². The van der Waals surface area contributed by atoms with Crippen LogP contribution in [-0.4, -0.2) is 62.8 Å². The normalized spacial score (nSPS) is 23.5. The molecule has 2 atom stereocenters. The van der Waals surface area contributed by atoms with Gasteiger partial charge in [-0.25, -0.2) is 9.78 Å². The fourth-order valence-corrected chi connectivity index (χ4v) is 4.70. The maximum atomic E-state index is 13.2. The van der Waals surface area contributed by atoms with E-state index in [1.165, 1.54) is 6.42 Å². The van der Waals surface area contributed by atoms with E-state index in [9.17, 15) is 4.79 Å². The van der Waals surface area contributed by atoms with Crippen molar-refractivity contribution >= 4 is 28.3 Å². The van der Waals surface area contributed by atoms with Gasteiger partial charge in [0, 0.05) is 47.7 Å². The number of hydrogen-bond donors (Lipinski definition) is 0. The van der Waals surface area contributed by atoms with Gasteiger partial charge >= 0.3 is 6.03 Å². The third-order valence-corrected chi connectivity index (χ3v) is 6.30. The fraction of sp³-hybridized carbons (Fsp3) is 0.389. The van der Waals surface area contributed by atoms with Crippen LogP contribution in [0.25, 0.3) is 21.5 Å². The number of likely N-dealkylation sites (N-methyl/N-ethyl adjacent to an activating group) is 1. The first-order valence-electron chi connectivity index (χ1n) is 8.59. The predicted molar refractivity (Wildman–Crippen MR) is 97.8 cm³/mol. The molecule has 25 heavy (non-hydrogen) atoms. The van der Waals surface area contributed by atoms with Crippen molar-refractivity contribution in [1.82, 2.24) is 24.6 Å². The summed E-state index contributed by atoms with van der Waals surface area (Å²) in [7, 11) is 2.16. The average molecular weight is 353 g/mol. The van der Waals surface area contributed by atoms with Crippen molar-refractivity contribution in [2.24, 2.45) is 0 Å². The standard InChI is InChI=1S/C18H19N5OS/c1-21-10-15-5-4-14(21)11-22(15)18(24)23-16-8-12(17-19-6-7-25-17)2-3-13(16)9-20-23/h2-3,6-9,14-15H,4-5,10-11H2,1H3. The van der Waals surface area contributed by atoms with E-state index in [1.54, 1.807) is 28.4 Å². The maximum absolute atomic E-state index is 13.2. The number of piperidine rings is 2. The number of fused-ring (bicyclic) bond motifs is 4. The SMILES string of the molecule is CN1CC2CCC1CN2C(=O)n1ncc2ccc(-c3nccs3)cc21. The number of amides is 1. The first kappa shape index (κ1) is 15.0. The summed E-state index contributed by atoms with van der Waals surface area (Å²) in [5.74, 6) is 0. The van der Waals surface area contributed by atoms with E-state index in [0.29, 0.717) is 12.1 Å². The zero-order valence-corrected chi connectivity index (χ0v) is 14.8. The Morgan fingerprint density at radius 3 is 2.84 bits per heavy atom. The van der Waals surface area contributed by atoms with Crippen LogP contribution in [0.4, 0.5) is 4.79 Å². The van der Waals surface area contributed by atoms with Crippen molar-refractivity contribution in [3.8, 4) is 10.6 Å². The molecule has 0 radical (unpaired) electrons. The molecular weight excluding hydrogens is 334 g/mol. The highest BCUT2D eigenvalue weighted by Gasteiger charge is 2.40. The summed E-state index contributed by atoms with van der Waals surface area (Å²) < 4.78 is 1.56. The molecular formula is C18H19N5OS. The summed E-state index contributed by atoms with van der Waals surface area (Å²) in [6, 6.07) is 6.83. The van der Waals surface area contributed by atoms with Gasteiger partial charge in [0.15, 0.2) is 0 Å². The van der Waals surface area contributed by atoms with Crippen molar-refractivity contribution in [1.29, 1.82) is 0 Å². The minimum Gasteiger partial charge on any atom is -0.317 e. The van der Waals surface area contributed by atoms with Gasteiger partial charge in [0.25, 0.3) is 0 Å². The number of rotatable bonds is 1. The van der Waals surface area contributed by atoms with E-state index in [4.69, 9.17) is 0 Å². The third kappa shape index (κ3) is 2.38. The highest BCUT2D eigenvalue weighted by Crippen LogP contribution is 2.30. The summed E-state index contributed by atoms with van der Waals surface area (Å²) >= 11 is 1.60. The fourth-order valence-electron chi connectivity index (χ4n) is 4.06. The quantitative estimate of drug-likeness (QED) is 0.675. The Kier molecular flexibility index (Phi) is 3.39. The summed E-state index contributed by atoms with van der Waals surface area (Å²) in [5, 5.41) is 8.29. The molecule has 5 heterocycles. The topological polar surface area (TPSA) is 54.3 Å². The summed E-state index contributed by atoms with van der Waals surface area (Å²) in [5.41, 5.74) is 1.88. The van der Waals surface area contributed by atoms with Gasteiger partial charge in [-0.3, -0.25) is 4.90 Å². The average Bonchev–Trinajstić information content (AvgIpc) is 3.31. The van der Waals surface area contributed by atoms with E-state index in [0.717, 1.165) is 41.0 Å². The molecule has 3 saturated heterocycles. The lowest BCUT2D eigenvalue weighted by Crippen LogP contribution is -2.63. The number of hydrogen-bond acceptors (Lipinski definition) is 5. The number of carbonyl (C=O) groups excluding carboxylic acids is 1. The largest absolute Gasteiger partial charge is 0.345 e. The summed E-state index contributed by atoms with van der Waals surface area (Å²) in [6.45, 7) is 1.76. The smallest absolute Gasteiger partial charge is 0.317 e. The summed E-state index contributed by atoms with van der Waals surface area (Å²) in [4.78, 5) is 21.9. The molecule has 2 bridgehead atoms. The van der Waals surface area contributed by atoms with Crippen LogP contribution in [0.5, 0.6) is 0 Å². The van der Waals surface area contributed by atoms with Crippen molar-refractivity contribution in [3.63, 3.8) is 0 Å². The lowest BCUT2D eigenvalue weighted by Gasteiger charge is -2.49. The van der Waals surface area contributed by atoms with E-state index in [1.807, 2.05) is 28.5 Å². The van der Waals surface area contributed by atoms with Crippen LogP contribution in [0, 0.1) is 0 Å². The Bertz CT molecular complexity index is 934. The highest BCUT2D eigenvalue weighted by molar-refractivity contribution is 7.13. The number of thiazole rings is 1. The van der Waals surface area contributed by atoms with Crippen molar-refractivity contribution in [3.05, 3.63) is 36.0 Å². The van der Waals surface area contributed by atoms with Crippen molar-refractivity contribution in [2.45, 2.75) is 24.9 Å². The molecule has 2 unspecified atom stereocenters. The van der Waals surface area contributed by atoms with Crippen LogP contribution >= 0.6 is 11.3 Å². The second-order valence-corrected chi connectivity index (χ2v) is 7.82. The molecule has 2 aromatic heterocycles. The second kappa shape index (κ2) is 5.64. The number of aromatic nitrogens is 3. The molecule has 7 heteroatoms. The highest BCUT2D eigenvalue weighted by atomic mass is 32.1. The number of piperazine rings is 1. The van der Waals surface area contributed by atoms with E-state index < -0.39 is 0 Å². The Morgan fingerprint density at radius 1 is 1.24 bits per heavy atom. The second-order valence-electron chi connectivity index (χ2n) is 6.93. The van der Waals surface area contributed by atoms with Gasteiger partial charge in [0.05, 0.1) is 11.7 Å². The third-order valence-electron chi connectivity index (χ3n) is 5.48. The van der Waals surface area contributed by atoms with Gasteiger partial charge < -0.3 is 4.90 Å². The molecule has 128 valence electrons. The zero-order chi connectivity index (χ0) is 17.0. The monoisotopic (exact) mass is 353 g/mol. The molecule has 1 aromatic carbocycles. The molecule has 3 fully saturated rings. The molecule has 0 spiro atoms. The molecule has 3 aromatic rings. The maximum Gasteiger partial charge on any atom is 0.345 e. The first-order chi connectivity index (χ1) is 12.2. The van der Waals surface area contributed by atoms with Crippen molar-refractivity contribution < 1.29 is 4.79 Å². The van der Waals surface area contributed by atoms with Crippen LogP contribution in [0.3, 0.4) is 0 Å². The molecule has 0 aliphatic carbocycles. The van der Waals surface area contributed by atoms with Gasteiger partial charge in [-0.2, -0.15) is 9.78 Å². The van der Waals surface area contributed by atoms with Gasteiger partial charge in [0.1, 0.15) is 5.01 Å². The Balaban J connectivity index is 1.52. The van der Waals surface area contributed by atoms with Crippen LogP contribution in [0.15, 0.2) is 36.0 Å². The van der Waals surface area contributed by atoms with Crippen LogP contribution < -0.4 is 0 Å².